The van der Waals surface area contributed by atoms with Gasteiger partial charge in [-0.1, -0.05) is 6.07 Å². The first-order valence-corrected chi connectivity index (χ1v) is 7.25. The zero-order chi connectivity index (χ0) is 12.0. The van der Waals surface area contributed by atoms with Crippen LogP contribution in [-0.2, 0) is 17.3 Å². The number of hydrogen-bond donors (Lipinski definition) is 1. The van der Waals surface area contributed by atoms with Gasteiger partial charge in [-0.2, -0.15) is 0 Å². The smallest absolute Gasteiger partial charge is 0.0541 e. The number of hydrogen-bond acceptors (Lipinski definition) is 3. The van der Waals surface area contributed by atoms with E-state index in [4.69, 9.17) is 0 Å². The van der Waals surface area contributed by atoms with Gasteiger partial charge in [-0.05, 0) is 31.9 Å². The highest BCUT2D eigenvalue weighted by Crippen LogP contribution is 2.00. The van der Waals surface area contributed by atoms with Crippen molar-refractivity contribution in [1.29, 1.82) is 0 Å². The lowest BCUT2D eigenvalue weighted by molar-refractivity contribution is 0.530. The molecular weight excluding hydrogens is 220 g/mol. The van der Waals surface area contributed by atoms with E-state index in [1.807, 2.05) is 19.2 Å². The van der Waals surface area contributed by atoms with Gasteiger partial charge in [0.05, 0.1) is 5.69 Å². The molecule has 0 fully saturated rings. The van der Waals surface area contributed by atoms with Gasteiger partial charge in [0.25, 0.3) is 0 Å². The molecule has 0 bridgehead atoms. The second-order valence-electron chi connectivity index (χ2n) is 4.17. The minimum absolute atomic E-state index is 0.381. The number of nitrogens with zero attached hydrogens (tertiary/aromatic N) is 1. The number of rotatable bonds is 6. The Balaban J connectivity index is 2.28. The molecule has 2 unspecified atom stereocenters. The Bertz CT molecular complexity index is 337. The van der Waals surface area contributed by atoms with E-state index < -0.39 is 10.8 Å². The Labute approximate surface area is 100 Å². The Kier molecular flexibility index (Phi) is 5.63. The first-order valence-electron chi connectivity index (χ1n) is 5.53. The molecule has 0 aliphatic rings. The van der Waals surface area contributed by atoms with Gasteiger partial charge < -0.3 is 5.32 Å². The van der Waals surface area contributed by atoms with Crippen molar-refractivity contribution < 1.29 is 4.21 Å². The third kappa shape index (κ3) is 5.37. The Hall–Kier alpha value is -0.740. The van der Waals surface area contributed by atoms with Crippen LogP contribution in [0.4, 0.5) is 0 Å². The van der Waals surface area contributed by atoms with Crippen LogP contribution in [0.3, 0.4) is 0 Å². The summed E-state index contributed by atoms with van der Waals surface area (Å²) in [6, 6.07) is 4.48. The van der Waals surface area contributed by atoms with Crippen molar-refractivity contribution in [3.05, 3.63) is 29.6 Å². The van der Waals surface area contributed by atoms with Gasteiger partial charge in [0, 0.05) is 41.6 Å². The molecule has 90 valence electrons. The van der Waals surface area contributed by atoms with Crippen molar-refractivity contribution in [3.63, 3.8) is 0 Å². The minimum Gasteiger partial charge on any atom is -0.309 e. The largest absolute Gasteiger partial charge is 0.309 e. The SMILES string of the molecule is Cc1ccc(CNC(C)CCS(C)=O)nc1. The maximum Gasteiger partial charge on any atom is 0.0541 e. The average Bonchev–Trinajstić information content (AvgIpc) is 2.25. The quantitative estimate of drug-likeness (QED) is 0.822. The van der Waals surface area contributed by atoms with Gasteiger partial charge in [0.1, 0.15) is 0 Å². The molecular formula is C12H20N2OS. The van der Waals surface area contributed by atoms with Gasteiger partial charge in [0.2, 0.25) is 0 Å². The summed E-state index contributed by atoms with van der Waals surface area (Å²) in [5.41, 5.74) is 2.23. The standard InChI is InChI=1S/C12H20N2OS/c1-10-4-5-12(14-8-10)9-13-11(2)6-7-16(3)15/h4-5,8,11,13H,6-7,9H2,1-3H3. The van der Waals surface area contributed by atoms with Crippen LogP contribution in [-0.4, -0.2) is 27.2 Å². The van der Waals surface area contributed by atoms with E-state index in [2.05, 4.69) is 23.3 Å². The van der Waals surface area contributed by atoms with E-state index in [0.717, 1.165) is 24.4 Å². The summed E-state index contributed by atoms with van der Waals surface area (Å²) < 4.78 is 10.9. The molecule has 4 heteroatoms. The molecule has 0 saturated heterocycles. The van der Waals surface area contributed by atoms with Gasteiger partial charge in [-0.15, -0.1) is 0 Å². The zero-order valence-corrected chi connectivity index (χ0v) is 11.0. The Morgan fingerprint density at radius 2 is 2.25 bits per heavy atom. The van der Waals surface area contributed by atoms with Crippen LogP contribution in [0, 0.1) is 6.92 Å². The second kappa shape index (κ2) is 6.76. The van der Waals surface area contributed by atoms with Gasteiger partial charge in [0.15, 0.2) is 0 Å². The van der Waals surface area contributed by atoms with Crippen LogP contribution >= 0.6 is 0 Å². The van der Waals surface area contributed by atoms with Crippen LogP contribution in [0.5, 0.6) is 0 Å². The van der Waals surface area contributed by atoms with Gasteiger partial charge in [-0.3, -0.25) is 9.19 Å². The summed E-state index contributed by atoms with van der Waals surface area (Å²) in [5, 5.41) is 3.38. The number of nitrogens with one attached hydrogen (secondary N) is 1. The maximum absolute atomic E-state index is 10.9. The summed E-state index contributed by atoms with van der Waals surface area (Å²) in [4.78, 5) is 4.32. The molecule has 0 aliphatic heterocycles. The fraction of sp³-hybridized carbons (Fsp3) is 0.583. The summed E-state index contributed by atoms with van der Waals surface area (Å²) >= 11 is 0. The Morgan fingerprint density at radius 3 is 2.81 bits per heavy atom. The van der Waals surface area contributed by atoms with Crippen LogP contribution in [0.2, 0.25) is 0 Å². The number of aryl methyl sites for hydroxylation is 1. The van der Waals surface area contributed by atoms with Crippen LogP contribution in [0.1, 0.15) is 24.6 Å². The highest BCUT2D eigenvalue weighted by Gasteiger charge is 2.03. The summed E-state index contributed by atoms with van der Waals surface area (Å²) in [6.07, 6.45) is 4.56. The molecule has 2 atom stereocenters. The first kappa shape index (κ1) is 13.3. The van der Waals surface area contributed by atoms with Gasteiger partial charge >= 0.3 is 0 Å². The van der Waals surface area contributed by atoms with Crippen LogP contribution < -0.4 is 5.32 Å². The molecule has 3 nitrogen and oxygen atoms in total. The lowest BCUT2D eigenvalue weighted by Crippen LogP contribution is -2.27. The summed E-state index contributed by atoms with van der Waals surface area (Å²) in [7, 11) is -0.693. The van der Waals surface area contributed by atoms with E-state index in [1.165, 1.54) is 5.56 Å². The zero-order valence-electron chi connectivity index (χ0n) is 10.2. The predicted octanol–water partition coefficient (Wildman–Crippen LogP) is 1.64. The summed E-state index contributed by atoms with van der Waals surface area (Å²) in [6.45, 7) is 4.92. The fourth-order valence-corrected chi connectivity index (χ4v) is 2.01. The van der Waals surface area contributed by atoms with E-state index in [9.17, 15) is 4.21 Å². The molecule has 0 saturated carbocycles. The first-order chi connectivity index (χ1) is 7.58. The molecule has 0 spiro atoms. The van der Waals surface area contributed by atoms with Crippen molar-refractivity contribution in [2.75, 3.05) is 12.0 Å². The third-order valence-corrected chi connectivity index (χ3v) is 3.25. The van der Waals surface area contributed by atoms with Crippen molar-refractivity contribution in [2.24, 2.45) is 0 Å². The van der Waals surface area contributed by atoms with Crippen LogP contribution in [0.15, 0.2) is 18.3 Å². The summed E-state index contributed by atoms with van der Waals surface area (Å²) in [5.74, 6) is 0.759. The highest BCUT2D eigenvalue weighted by atomic mass is 32.2. The van der Waals surface area contributed by atoms with Crippen molar-refractivity contribution in [2.45, 2.75) is 32.9 Å². The van der Waals surface area contributed by atoms with Crippen molar-refractivity contribution in [3.8, 4) is 0 Å². The van der Waals surface area contributed by atoms with Crippen LogP contribution in [0.25, 0.3) is 0 Å². The highest BCUT2D eigenvalue weighted by molar-refractivity contribution is 7.84. The number of pyridine rings is 1. The van der Waals surface area contributed by atoms with E-state index in [0.29, 0.717) is 6.04 Å². The molecule has 0 radical (unpaired) electrons. The van der Waals surface area contributed by atoms with E-state index in [1.54, 1.807) is 6.26 Å². The fourth-order valence-electron chi connectivity index (χ4n) is 1.33. The van der Waals surface area contributed by atoms with Gasteiger partial charge in [-0.25, -0.2) is 0 Å². The molecule has 1 N–H and O–H groups in total. The average molecular weight is 240 g/mol. The lowest BCUT2D eigenvalue weighted by Gasteiger charge is -2.12. The molecule has 0 amide bonds. The van der Waals surface area contributed by atoms with Crippen molar-refractivity contribution >= 4 is 10.8 Å². The molecule has 16 heavy (non-hydrogen) atoms. The second-order valence-corrected chi connectivity index (χ2v) is 5.73. The third-order valence-electron chi connectivity index (χ3n) is 2.44. The normalized spacial score (nSPS) is 14.7. The topological polar surface area (TPSA) is 42.0 Å². The molecule has 1 rings (SSSR count). The molecule has 1 aromatic heterocycles. The predicted molar refractivity (Wildman–Crippen MR) is 68.8 cm³/mol. The Morgan fingerprint density at radius 1 is 1.50 bits per heavy atom. The molecule has 0 aromatic carbocycles. The molecule has 0 aliphatic carbocycles. The van der Waals surface area contributed by atoms with E-state index >= 15 is 0 Å². The maximum atomic E-state index is 10.9. The lowest BCUT2D eigenvalue weighted by atomic mass is 10.2. The van der Waals surface area contributed by atoms with Crippen molar-refractivity contribution in [1.82, 2.24) is 10.3 Å². The molecule has 1 heterocycles. The van der Waals surface area contributed by atoms with E-state index in [-0.39, 0.29) is 0 Å². The minimum atomic E-state index is -0.693. The monoisotopic (exact) mass is 240 g/mol. The molecule has 1 aromatic rings. The number of aromatic nitrogens is 1.